The van der Waals surface area contributed by atoms with Gasteiger partial charge in [-0.2, -0.15) is 0 Å². The number of anilines is 1. The lowest BCUT2D eigenvalue weighted by molar-refractivity contribution is -0.384. The average Bonchev–Trinajstić information content (AvgIpc) is 2.20. The number of carbonyl (C=O) groups is 1. The molecule has 0 atom stereocenters. The van der Waals surface area contributed by atoms with Gasteiger partial charge in [-0.1, -0.05) is 15.9 Å². The van der Waals surface area contributed by atoms with Gasteiger partial charge in [0, 0.05) is 12.1 Å². The lowest BCUT2D eigenvalue weighted by Gasteiger charge is -2.04. The molecule has 1 amide bonds. The number of benzene rings is 1. The molecule has 1 rings (SSSR count). The van der Waals surface area contributed by atoms with Gasteiger partial charge in [-0.05, 0) is 6.07 Å². The lowest BCUT2D eigenvalue weighted by Crippen LogP contribution is -2.12. The van der Waals surface area contributed by atoms with Crippen molar-refractivity contribution in [2.45, 2.75) is 0 Å². The second-order valence-electron chi connectivity index (χ2n) is 2.64. The number of aromatic hydroxyl groups is 1. The molecule has 0 unspecified atom stereocenters. The number of alkyl halides is 1. The maximum absolute atomic E-state index is 11.0. The third-order valence-electron chi connectivity index (χ3n) is 1.59. The molecule has 1 aromatic rings. The van der Waals surface area contributed by atoms with Gasteiger partial charge in [-0.3, -0.25) is 14.9 Å². The average molecular weight is 275 g/mol. The predicted molar refractivity (Wildman–Crippen MR) is 57.2 cm³/mol. The minimum Gasteiger partial charge on any atom is -0.506 e. The Morgan fingerprint density at radius 2 is 2.27 bits per heavy atom. The van der Waals surface area contributed by atoms with Crippen LogP contribution in [0.15, 0.2) is 18.2 Å². The summed E-state index contributed by atoms with van der Waals surface area (Å²) in [6.45, 7) is 0. The molecule has 15 heavy (non-hydrogen) atoms. The van der Waals surface area contributed by atoms with Crippen LogP contribution in [-0.4, -0.2) is 21.3 Å². The van der Waals surface area contributed by atoms with Crippen LogP contribution in [0.1, 0.15) is 0 Å². The highest BCUT2D eigenvalue weighted by molar-refractivity contribution is 9.09. The van der Waals surface area contributed by atoms with Crippen molar-refractivity contribution in [1.82, 2.24) is 0 Å². The molecule has 6 nitrogen and oxygen atoms in total. The van der Waals surface area contributed by atoms with Crippen LogP contribution in [0.5, 0.6) is 5.75 Å². The van der Waals surface area contributed by atoms with E-state index in [0.29, 0.717) is 0 Å². The zero-order valence-electron chi connectivity index (χ0n) is 7.44. The Labute approximate surface area is 93.2 Å². The number of phenolic OH excluding ortho intramolecular Hbond substituents is 1. The Kier molecular flexibility index (Phi) is 3.62. The first-order chi connectivity index (χ1) is 7.04. The van der Waals surface area contributed by atoms with Gasteiger partial charge >= 0.3 is 0 Å². The van der Waals surface area contributed by atoms with Crippen molar-refractivity contribution >= 4 is 33.2 Å². The number of phenols is 1. The van der Waals surface area contributed by atoms with Gasteiger partial charge in [-0.25, -0.2) is 0 Å². The standard InChI is InChI=1S/C8H7BrN2O4/c9-4-8(13)10-6-3-5(11(14)15)1-2-7(6)12/h1-3,12H,4H2,(H,10,13). The molecular formula is C8H7BrN2O4. The maximum atomic E-state index is 11.0. The molecule has 0 aliphatic heterocycles. The zero-order valence-corrected chi connectivity index (χ0v) is 9.02. The number of nitro groups is 1. The summed E-state index contributed by atoms with van der Waals surface area (Å²) < 4.78 is 0. The summed E-state index contributed by atoms with van der Waals surface area (Å²) >= 11 is 2.92. The van der Waals surface area contributed by atoms with Crippen molar-refractivity contribution in [2.75, 3.05) is 10.6 Å². The molecule has 2 N–H and O–H groups in total. The topological polar surface area (TPSA) is 92.5 Å². The quantitative estimate of drug-likeness (QED) is 0.379. The van der Waals surface area contributed by atoms with Crippen LogP contribution in [0.2, 0.25) is 0 Å². The Hall–Kier alpha value is -1.63. The second-order valence-corrected chi connectivity index (χ2v) is 3.20. The summed E-state index contributed by atoms with van der Waals surface area (Å²) in [5.41, 5.74) is -0.175. The number of non-ortho nitro benzene ring substituents is 1. The number of nitro benzene ring substituents is 1. The van der Waals surface area contributed by atoms with E-state index in [4.69, 9.17) is 0 Å². The van der Waals surface area contributed by atoms with Gasteiger partial charge in [0.15, 0.2) is 0 Å². The van der Waals surface area contributed by atoms with Crippen LogP contribution >= 0.6 is 15.9 Å². The molecular weight excluding hydrogens is 268 g/mol. The number of nitrogens with zero attached hydrogens (tertiary/aromatic N) is 1. The van der Waals surface area contributed by atoms with E-state index in [1.54, 1.807) is 0 Å². The van der Waals surface area contributed by atoms with Crippen LogP contribution in [0.4, 0.5) is 11.4 Å². The molecule has 0 aliphatic carbocycles. The van der Waals surface area contributed by atoms with Gasteiger partial charge < -0.3 is 10.4 Å². The van der Waals surface area contributed by atoms with Crippen molar-refractivity contribution in [3.8, 4) is 5.75 Å². The Morgan fingerprint density at radius 1 is 1.60 bits per heavy atom. The number of amides is 1. The van der Waals surface area contributed by atoms with Crippen LogP contribution in [0.3, 0.4) is 0 Å². The number of carbonyl (C=O) groups excluding carboxylic acids is 1. The minimum absolute atomic E-state index is 0.0219. The van der Waals surface area contributed by atoms with Crippen LogP contribution in [-0.2, 0) is 4.79 Å². The Balaban J connectivity index is 3.00. The lowest BCUT2D eigenvalue weighted by atomic mass is 10.2. The summed E-state index contributed by atoms with van der Waals surface area (Å²) in [6, 6.07) is 3.40. The number of hydrogen-bond acceptors (Lipinski definition) is 4. The van der Waals surface area contributed by atoms with E-state index >= 15 is 0 Å². The molecule has 0 saturated heterocycles. The van der Waals surface area contributed by atoms with Crippen LogP contribution < -0.4 is 5.32 Å². The summed E-state index contributed by atoms with van der Waals surface area (Å²) in [6.07, 6.45) is 0. The van der Waals surface area contributed by atoms with Crippen molar-refractivity contribution in [3.05, 3.63) is 28.3 Å². The van der Waals surface area contributed by atoms with Crippen molar-refractivity contribution in [1.29, 1.82) is 0 Å². The highest BCUT2D eigenvalue weighted by Crippen LogP contribution is 2.27. The van der Waals surface area contributed by atoms with Gasteiger partial charge in [0.05, 0.1) is 15.9 Å². The molecule has 0 aromatic heterocycles. The monoisotopic (exact) mass is 274 g/mol. The van der Waals surface area contributed by atoms with Gasteiger partial charge in [0.25, 0.3) is 5.69 Å². The van der Waals surface area contributed by atoms with Gasteiger partial charge in [0.2, 0.25) is 5.91 Å². The van der Waals surface area contributed by atoms with E-state index in [0.717, 1.165) is 18.2 Å². The molecule has 1 aromatic carbocycles. The highest BCUT2D eigenvalue weighted by atomic mass is 79.9. The third-order valence-corrected chi connectivity index (χ3v) is 2.10. The molecule has 0 bridgehead atoms. The first kappa shape index (κ1) is 11.4. The first-order valence-electron chi connectivity index (χ1n) is 3.88. The Morgan fingerprint density at radius 3 is 2.80 bits per heavy atom. The molecule has 0 heterocycles. The fourth-order valence-electron chi connectivity index (χ4n) is 0.921. The summed E-state index contributed by atoms with van der Waals surface area (Å²) in [5, 5.41) is 22.1. The number of halogens is 1. The van der Waals surface area contributed by atoms with E-state index in [2.05, 4.69) is 21.2 Å². The van der Waals surface area contributed by atoms with Gasteiger partial charge in [0.1, 0.15) is 5.75 Å². The van der Waals surface area contributed by atoms with E-state index < -0.39 is 10.8 Å². The van der Waals surface area contributed by atoms with E-state index in [-0.39, 0.29) is 22.5 Å². The fourth-order valence-corrected chi connectivity index (χ4v) is 1.06. The molecule has 0 fully saturated rings. The normalized spacial score (nSPS) is 9.67. The van der Waals surface area contributed by atoms with E-state index in [1.807, 2.05) is 0 Å². The number of rotatable bonds is 3. The summed E-state index contributed by atoms with van der Waals surface area (Å²) in [4.78, 5) is 20.8. The summed E-state index contributed by atoms with van der Waals surface area (Å²) in [7, 11) is 0. The molecule has 0 radical (unpaired) electrons. The van der Waals surface area contributed by atoms with Crippen molar-refractivity contribution in [2.24, 2.45) is 0 Å². The minimum atomic E-state index is -0.608. The molecule has 0 spiro atoms. The fraction of sp³-hybridized carbons (Fsp3) is 0.125. The van der Waals surface area contributed by atoms with Crippen LogP contribution in [0.25, 0.3) is 0 Å². The highest BCUT2D eigenvalue weighted by Gasteiger charge is 2.11. The van der Waals surface area contributed by atoms with Crippen molar-refractivity contribution < 1.29 is 14.8 Å². The Bertz CT molecular complexity index is 408. The number of hydrogen-bond donors (Lipinski definition) is 2. The van der Waals surface area contributed by atoms with Crippen LogP contribution in [0, 0.1) is 10.1 Å². The first-order valence-corrected chi connectivity index (χ1v) is 5.00. The largest absolute Gasteiger partial charge is 0.506 e. The van der Waals surface area contributed by atoms with E-state index in [9.17, 15) is 20.0 Å². The smallest absolute Gasteiger partial charge is 0.271 e. The van der Waals surface area contributed by atoms with Gasteiger partial charge in [-0.15, -0.1) is 0 Å². The molecule has 80 valence electrons. The zero-order chi connectivity index (χ0) is 11.4. The second kappa shape index (κ2) is 4.74. The number of nitrogens with one attached hydrogen (secondary N) is 1. The molecule has 0 saturated carbocycles. The molecule has 7 heteroatoms. The summed E-state index contributed by atoms with van der Waals surface area (Å²) in [5.74, 6) is -0.610. The maximum Gasteiger partial charge on any atom is 0.271 e. The molecule has 0 aliphatic rings. The SMILES string of the molecule is O=C(CBr)Nc1cc([N+](=O)[O-])ccc1O. The van der Waals surface area contributed by atoms with Crippen molar-refractivity contribution in [3.63, 3.8) is 0 Å². The third kappa shape index (κ3) is 2.91. The predicted octanol–water partition coefficient (Wildman–Crippen LogP) is 1.63. The van der Waals surface area contributed by atoms with E-state index in [1.165, 1.54) is 0 Å².